The first kappa shape index (κ1) is 13.4. The number of hydrogen-bond acceptors (Lipinski definition) is 4. The minimum absolute atomic E-state index is 0.191. The van der Waals surface area contributed by atoms with Gasteiger partial charge >= 0.3 is 0 Å². The summed E-state index contributed by atoms with van der Waals surface area (Å²) in [6, 6.07) is 9.11. The van der Waals surface area contributed by atoms with Crippen LogP contribution in [-0.2, 0) is 7.05 Å². The molecule has 0 bridgehead atoms. The van der Waals surface area contributed by atoms with Crippen LogP contribution in [0.1, 0.15) is 10.4 Å². The maximum atomic E-state index is 12.2. The Balaban J connectivity index is 1.94. The first-order chi connectivity index (χ1) is 10.1. The van der Waals surface area contributed by atoms with Crippen LogP contribution in [0.15, 0.2) is 36.5 Å². The minimum Gasteiger partial charge on any atom is -0.382 e. The summed E-state index contributed by atoms with van der Waals surface area (Å²) in [5.74, 6) is 0.343. The predicted octanol–water partition coefficient (Wildman–Crippen LogP) is 2.46. The van der Waals surface area contributed by atoms with Gasteiger partial charge in [-0.2, -0.15) is 5.10 Å². The zero-order valence-electron chi connectivity index (χ0n) is 11.2. The maximum absolute atomic E-state index is 12.2. The molecule has 0 radical (unpaired) electrons. The van der Waals surface area contributed by atoms with Crippen LogP contribution in [0.25, 0.3) is 10.9 Å². The van der Waals surface area contributed by atoms with Gasteiger partial charge in [0.1, 0.15) is 5.82 Å². The minimum atomic E-state index is -0.340. The third kappa shape index (κ3) is 2.41. The lowest BCUT2D eigenvalue weighted by Crippen LogP contribution is -2.13. The third-order valence-corrected chi connectivity index (χ3v) is 3.42. The highest BCUT2D eigenvalue weighted by atomic mass is 35.5. The number of pyridine rings is 1. The topological polar surface area (TPSA) is 85.8 Å². The van der Waals surface area contributed by atoms with Crippen molar-refractivity contribution in [3.8, 4) is 0 Å². The fourth-order valence-electron chi connectivity index (χ4n) is 2.06. The molecule has 0 spiro atoms. The Morgan fingerprint density at radius 1 is 1.38 bits per heavy atom. The summed E-state index contributed by atoms with van der Waals surface area (Å²) in [4.78, 5) is 16.1. The Bertz CT molecular complexity index is 842. The number of nitrogens with two attached hydrogens (primary N) is 1. The van der Waals surface area contributed by atoms with Gasteiger partial charge in [0, 0.05) is 18.6 Å². The van der Waals surface area contributed by atoms with E-state index in [1.807, 2.05) is 31.3 Å². The van der Waals surface area contributed by atoms with E-state index in [1.54, 1.807) is 4.68 Å². The average molecular weight is 302 g/mol. The number of para-hydroxylation sites is 1. The molecule has 3 aromatic rings. The third-order valence-electron chi connectivity index (χ3n) is 3.12. The number of carbonyl (C=O) groups is 1. The number of nitrogen functional groups attached to an aromatic ring is 1. The number of carbonyl (C=O) groups excluding carboxylic acids is 1. The van der Waals surface area contributed by atoms with Crippen LogP contribution in [0.5, 0.6) is 0 Å². The van der Waals surface area contributed by atoms with Crippen molar-refractivity contribution in [2.75, 3.05) is 11.1 Å². The SMILES string of the molecule is Cn1nc(NC(=O)c2cnc(N)c(Cl)c2)c2ccccc21. The molecule has 0 aliphatic carbocycles. The van der Waals surface area contributed by atoms with Crippen molar-refractivity contribution in [1.82, 2.24) is 14.8 Å². The molecule has 0 unspecified atom stereocenters. The molecule has 2 heterocycles. The van der Waals surface area contributed by atoms with E-state index in [0.717, 1.165) is 10.9 Å². The Morgan fingerprint density at radius 3 is 2.90 bits per heavy atom. The van der Waals surface area contributed by atoms with Crippen molar-refractivity contribution in [3.63, 3.8) is 0 Å². The van der Waals surface area contributed by atoms with Gasteiger partial charge in [-0.05, 0) is 18.2 Å². The molecular formula is C14H12ClN5O. The largest absolute Gasteiger partial charge is 0.382 e. The van der Waals surface area contributed by atoms with Crippen LogP contribution in [0.3, 0.4) is 0 Å². The second-order valence-electron chi connectivity index (χ2n) is 4.53. The van der Waals surface area contributed by atoms with Crippen molar-refractivity contribution in [2.24, 2.45) is 7.05 Å². The lowest BCUT2D eigenvalue weighted by Gasteiger charge is -2.04. The standard InChI is InChI=1S/C14H12ClN5O/c1-20-11-5-3-2-4-9(11)13(19-20)18-14(21)8-6-10(15)12(16)17-7-8/h2-7H,1H3,(H2,16,17)(H,18,19,21). The Morgan fingerprint density at radius 2 is 2.14 bits per heavy atom. The number of fused-ring (bicyclic) bond motifs is 1. The van der Waals surface area contributed by atoms with Crippen LogP contribution in [0.4, 0.5) is 11.6 Å². The average Bonchev–Trinajstić information content (AvgIpc) is 2.79. The fourth-order valence-corrected chi connectivity index (χ4v) is 2.22. The fraction of sp³-hybridized carbons (Fsp3) is 0.0714. The number of halogens is 1. The monoisotopic (exact) mass is 301 g/mol. The molecule has 6 nitrogen and oxygen atoms in total. The number of rotatable bonds is 2. The quantitative estimate of drug-likeness (QED) is 0.761. The zero-order chi connectivity index (χ0) is 15.0. The summed E-state index contributed by atoms with van der Waals surface area (Å²) in [6.45, 7) is 0. The summed E-state index contributed by atoms with van der Waals surface area (Å²) in [5, 5.41) is 8.17. The maximum Gasteiger partial charge on any atom is 0.258 e. The second kappa shape index (κ2) is 5.06. The van der Waals surface area contributed by atoms with Crippen LogP contribution in [-0.4, -0.2) is 20.7 Å². The van der Waals surface area contributed by atoms with Gasteiger partial charge < -0.3 is 11.1 Å². The van der Waals surface area contributed by atoms with E-state index in [0.29, 0.717) is 11.4 Å². The summed E-state index contributed by atoms with van der Waals surface area (Å²) in [7, 11) is 1.82. The summed E-state index contributed by atoms with van der Waals surface area (Å²) < 4.78 is 1.71. The number of anilines is 2. The van der Waals surface area contributed by atoms with Crippen LogP contribution in [0, 0.1) is 0 Å². The summed E-state index contributed by atoms with van der Waals surface area (Å²) in [5.41, 5.74) is 6.78. The van der Waals surface area contributed by atoms with Crippen molar-refractivity contribution in [1.29, 1.82) is 0 Å². The van der Waals surface area contributed by atoms with Crippen LogP contribution >= 0.6 is 11.6 Å². The molecule has 3 N–H and O–H groups in total. The molecule has 1 aromatic carbocycles. The lowest BCUT2D eigenvalue weighted by molar-refractivity contribution is 0.102. The van der Waals surface area contributed by atoms with Gasteiger partial charge in [-0.1, -0.05) is 23.7 Å². The molecule has 7 heteroatoms. The van der Waals surface area contributed by atoms with Gasteiger partial charge in [0.15, 0.2) is 5.82 Å². The molecule has 0 atom stereocenters. The normalized spacial score (nSPS) is 10.8. The molecule has 0 saturated heterocycles. The first-order valence-electron chi connectivity index (χ1n) is 6.20. The van der Waals surface area contributed by atoms with Gasteiger partial charge in [-0.25, -0.2) is 4.98 Å². The smallest absolute Gasteiger partial charge is 0.258 e. The molecule has 21 heavy (non-hydrogen) atoms. The van der Waals surface area contributed by atoms with E-state index >= 15 is 0 Å². The first-order valence-corrected chi connectivity index (χ1v) is 6.58. The number of hydrogen-bond donors (Lipinski definition) is 2. The number of nitrogens with zero attached hydrogens (tertiary/aromatic N) is 3. The molecule has 0 fully saturated rings. The Labute approximate surface area is 125 Å². The number of aromatic nitrogens is 3. The number of amides is 1. The number of aryl methyl sites for hydroxylation is 1. The molecule has 0 aliphatic heterocycles. The van der Waals surface area contributed by atoms with Gasteiger partial charge in [0.2, 0.25) is 0 Å². The van der Waals surface area contributed by atoms with Gasteiger partial charge in [0.05, 0.1) is 16.1 Å². The van der Waals surface area contributed by atoms with E-state index < -0.39 is 0 Å². The van der Waals surface area contributed by atoms with Crippen LogP contribution in [0.2, 0.25) is 5.02 Å². The zero-order valence-corrected chi connectivity index (χ0v) is 11.9. The van der Waals surface area contributed by atoms with Crippen molar-refractivity contribution < 1.29 is 4.79 Å². The van der Waals surface area contributed by atoms with E-state index in [2.05, 4.69) is 15.4 Å². The number of benzene rings is 1. The molecule has 3 rings (SSSR count). The van der Waals surface area contributed by atoms with Crippen molar-refractivity contribution in [3.05, 3.63) is 47.1 Å². The van der Waals surface area contributed by atoms with Gasteiger partial charge in [-0.15, -0.1) is 0 Å². The second-order valence-corrected chi connectivity index (χ2v) is 4.94. The molecule has 1 amide bonds. The van der Waals surface area contributed by atoms with Gasteiger partial charge in [0.25, 0.3) is 5.91 Å². The highest BCUT2D eigenvalue weighted by Crippen LogP contribution is 2.23. The molecule has 106 valence electrons. The molecule has 0 aliphatic rings. The van der Waals surface area contributed by atoms with Crippen molar-refractivity contribution >= 4 is 40.0 Å². The predicted molar refractivity (Wildman–Crippen MR) is 82.3 cm³/mol. The highest BCUT2D eigenvalue weighted by Gasteiger charge is 2.13. The van der Waals surface area contributed by atoms with E-state index in [1.165, 1.54) is 12.3 Å². The highest BCUT2D eigenvalue weighted by molar-refractivity contribution is 6.33. The summed E-state index contributed by atoms with van der Waals surface area (Å²) in [6.07, 6.45) is 1.38. The van der Waals surface area contributed by atoms with Crippen molar-refractivity contribution in [2.45, 2.75) is 0 Å². The molecular weight excluding hydrogens is 290 g/mol. The molecule has 0 saturated carbocycles. The number of nitrogens with one attached hydrogen (secondary N) is 1. The van der Waals surface area contributed by atoms with Crippen LogP contribution < -0.4 is 11.1 Å². The Hall–Kier alpha value is -2.60. The molecule has 2 aromatic heterocycles. The summed E-state index contributed by atoms with van der Waals surface area (Å²) >= 11 is 5.87. The van der Waals surface area contributed by atoms with E-state index in [4.69, 9.17) is 17.3 Å². The van der Waals surface area contributed by atoms with E-state index in [-0.39, 0.29) is 16.7 Å². The van der Waals surface area contributed by atoms with Gasteiger partial charge in [-0.3, -0.25) is 9.48 Å². The Kier molecular flexibility index (Phi) is 3.23. The lowest BCUT2D eigenvalue weighted by atomic mass is 10.2. The van der Waals surface area contributed by atoms with E-state index in [9.17, 15) is 4.79 Å².